The van der Waals surface area contributed by atoms with Gasteiger partial charge in [0.2, 0.25) is 12.1 Å². The van der Waals surface area contributed by atoms with Gasteiger partial charge in [-0.25, -0.2) is 8.78 Å². The molecule has 31 heavy (non-hydrogen) atoms. The van der Waals surface area contributed by atoms with Crippen LogP contribution in [0.3, 0.4) is 0 Å². The van der Waals surface area contributed by atoms with E-state index in [-0.39, 0.29) is 12.1 Å². The van der Waals surface area contributed by atoms with E-state index in [0.717, 1.165) is 5.56 Å². The van der Waals surface area contributed by atoms with Crippen LogP contribution in [-0.2, 0) is 11.4 Å². The molecule has 0 bridgehead atoms. The Bertz CT molecular complexity index is 1210. The molecule has 1 unspecified atom stereocenters. The normalized spacial score (nSPS) is 15.6. The summed E-state index contributed by atoms with van der Waals surface area (Å²) >= 11 is 0. The lowest BCUT2D eigenvalue weighted by Gasteiger charge is -2.26. The summed E-state index contributed by atoms with van der Waals surface area (Å²) < 4.78 is 34.6. The van der Waals surface area contributed by atoms with Crippen molar-refractivity contribution in [2.75, 3.05) is 0 Å². The Hall–Kier alpha value is -4.00. The molecule has 0 amide bonds. The van der Waals surface area contributed by atoms with Gasteiger partial charge in [0.15, 0.2) is 5.76 Å². The number of oxime groups is 1. The summed E-state index contributed by atoms with van der Waals surface area (Å²) in [5, 5.41) is 4.23. The Kier molecular flexibility index (Phi) is 4.92. The fourth-order valence-electron chi connectivity index (χ4n) is 3.66. The summed E-state index contributed by atoms with van der Waals surface area (Å²) in [5.41, 5.74) is 1.84. The van der Waals surface area contributed by atoms with E-state index in [2.05, 4.69) is 10.1 Å². The quantitative estimate of drug-likeness (QED) is 0.430. The molecule has 0 saturated carbocycles. The number of benzene rings is 2. The molecule has 0 saturated heterocycles. The van der Waals surface area contributed by atoms with Crippen molar-refractivity contribution in [1.82, 2.24) is 9.88 Å². The number of furan rings is 1. The predicted molar refractivity (Wildman–Crippen MR) is 111 cm³/mol. The Balaban J connectivity index is 1.58. The molecule has 154 valence electrons. The van der Waals surface area contributed by atoms with Gasteiger partial charge in [-0.05, 0) is 41.5 Å². The number of halogens is 2. The molecule has 0 fully saturated rings. The van der Waals surface area contributed by atoms with Crippen LogP contribution in [0.2, 0.25) is 0 Å². The van der Waals surface area contributed by atoms with E-state index in [9.17, 15) is 8.78 Å². The lowest BCUT2D eigenvalue weighted by Crippen LogP contribution is -2.31. The van der Waals surface area contributed by atoms with Gasteiger partial charge in [0.05, 0.1) is 18.4 Å². The van der Waals surface area contributed by atoms with Crippen molar-refractivity contribution < 1.29 is 18.0 Å². The van der Waals surface area contributed by atoms with Gasteiger partial charge in [0.25, 0.3) is 0 Å². The van der Waals surface area contributed by atoms with E-state index in [1.165, 1.54) is 24.4 Å². The molecule has 2 aromatic carbocycles. The maximum Gasteiger partial charge on any atom is 0.227 e. The summed E-state index contributed by atoms with van der Waals surface area (Å²) in [6, 6.07) is 18.6. The Labute approximate surface area is 177 Å². The van der Waals surface area contributed by atoms with Crippen molar-refractivity contribution in [3.05, 3.63) is 114 Å². The van der Waals surface area contributed by atoms with Gasteiger partial charge in [0, 0.05) is 18.0 Å². The topological polar surface area (TPSA) is 50.9 Å². The zero-order valence-corrected chi connectivity index (χ0v) is 16.3. The molecule has 7 heteroatoms. The highest BCUT2D eigenvalue weighted by molar-refractivity contribution is 5.96. The predicted octanol–water partition coefficient (Wildman–Crippen LogP) is 5.51. The first-order chi connectivity index (χ1) is 15.2. The molecule has 4 aromatic rings. The van der Waals surface area contributed by atoms with Crippen LogP contribution in [0.5, 0.6) is 0 Å². The van der Waals surface area contributed by atoms with Crippen LogP contribution in [0.25, 0.3) is 11.1 Å². The maximum atomic E-state index is 14.5. The smallest absolute Gasteiger partial charge is 0.227 e. The first-order valence-corrected chi connectivity index (χ1v) is 9.69. The van der Waals surface area contributed by atoms with Crippen molar-refractivity contribution in [2.45, 2.75) is 12.8 Å². The van der Waals surface area contributed by atoms with Crippen LogP contribution in [0.4, 0.5) is 8.78 Å². The van der Waals surface area contributed by atoms with E-state index in [1.807, 2.05) is 35.2 Å². The molecule has 5 nitrogen and oxygen atoms in total. The lowest BCUT2D eigenvalue weighted by molar-refractivity contribution is 0.00575. The van der Waals surface area contributed by atoms with Gasteiger partial charge >= 0.3 is 0 Å². The third kappa shape index (κ3) is 3.54. The number of hydrogen-bond acceptors (Lipinski definition) is 5. The summed E-state index contributed by atoms with van der Waals surface area (Å²) in [6.07, 6.45) is 4.14. The fraction of sp³-hybridized carbons (Fsp3) is 0.0833. The standard InChI is InChI=1S/C24H17F2N3O2/c25-19-8-4-9-20(26)22(19)18-11-12-27-14-17(18)15-29-23(21-10-5-13-30-21)28-31-24(29)16-6-2-1-3-7-16/h1-14,24H,15H2. The molecule has 5 rings (SSSR count). The van der Waals surface area contributed by atoms with E-state index in [0.29, 0.717) is 22.7 Å². The minimum absolute atomic E-state index is 0.0900. The van der Waals surface area contributed by atoms with Crippen LogP contribution >= 0.6 is 0 Å². The largest absolute Gasteiger partial charge is 0.461 e. The van der Waals surface area contributed by atoms with Crippen LogP contribution in [0, 0.1) is 11.6 Å². The highest BCUT2D eigenvalue weighted by Gasteiger charge is 2.34. The third-order valence-electron chi connectivity index (χ3n) is 5.10. The van der Waals surface area contributed by atoms with Crippen molar-refractivity contribution >= 4 is 5.84 Å². The Morgan fingerprint density at radius 3 is 2.45 bits per heavy atom. The zero-order chi connectivity index (χ0) is 21.2. The monoisotopic (exact) mass is 417 g/mol. The number of nitrogens with zero attached hydrogens (tertiary/aromatic N) is 3. The third-order valence-corrected chi connectivity index (χ3v) is 5.10. The molecule has 1 aliphatic rings. The molecule has 1 atom stereocenters. The molecule has 0 N–H and O–H groups in total. The van der Waals surface area contributed by atoms with Crippen molar-refractivity contribution in [2.24, 2.45) is 5.16 Å². The second kappa shape index (κ2) is 8.02. The highest BCUT2D eigenvalue weighted by atomic mass is 19.1. The highest BCUT2D eigenvalue weighted by Crippen LogP contribution is 2.35. The van der Waals surface area contributed by atoms with Crippen LogP contribution in [0.15, 0.2) is 95.0 Å². The molecule has 3 heterocycles. The summed E-state index contributed by atoms with van der Waals surface area (Å²) in [4.78, 5) is 11.8. The first kappa shape index (κ1) is 19.0. The summed E-state index contributed by atoms with van der Waals surface area (Å²) in [5.74, 6) is -0.252. The minimum atomic E-state index is -0.635. The van der Waals surface area contributed by atoms with Crippen LogP contribution in [0.1, 0.15) is 23.1 Å². The van der Waals surface area contributed by atoms with Crippen molar-refractivity contribution in [3.8, 4) is 11.1 Å². The maximum absolute atomic E-state index is 14.5. The van der Waals surface area contributed by atoms with E-state index in [4.69, 9.17) is 9.25 Å². The van der Waals surface area contributed by atoms with Crippen LogP contribution < -0.4 is 0 Å². The van der Waals surface area contributed by atoms with Gasteiger partial charge in [-0.3, -0.25) is 4.98 Å². The average Bonchev–Trinajstić information content (AvgIpc) is 3.45. The van der Waals surface area contributed by atoms with E-state index < -0.39 is 17.9 Å². The number of aromatic nitrogens is 1. The number of rotatable bonds is 5. The van der Waals surface area contributed by atoms with Gasteiger partial charge in [-0.2, -0.15) is 0 Å². The molecule has 2 aromatic heterocycles. The van der Waals surface area contributed by atoms with Crippen molar-refractivity contribution in [3.63, 3.8) is 0 Å². The van der Waals surface area contributed by atoms with Gasteiger partial charge in [-0.1, -0.05) is 41.6 Å². The summed E-state index contributed by atoms with van der Waals surface area (Å²) in [6.45, 7) is 0.246. The SMILES string of the molecule is Fc1cccc(F)c1-c1ccncc1CN1C(c2ccco2)=NOC1c1ccccc1. The van der Waals surface area contributed by atoms with Crippen LogP contribution in [-0.4, -0.2) is 15.7 Å². The van der Waals surface area contributed by atoms with Gasteiger partial charge < -0.3 is 14.2 Å². The molecular weight excluding hydrogens is 400 g/mol. The molecule has 0 aliphatic carbocycles. The van der Waals surface area contributed by atoms with E-state index in [1.54, 1.807) is 30.7 Å². The number of amidine groups is 1. The van der Waals surface area contributed by atoms with Gasteiger partial charge in [0.1, 0.15) is 11.6 Å². The Morgan fingerprint density at radius 1 is 0.903 bits per heavy atom. The summed E-state index contributed by atoms with van der Waals surface area (Å²) in [7, 11) is 0. The average molecular weight is 417 g/mol. The first-order valence-electron chi connectivity index (χ1n) is 9.69. The molecule has 0 radical (unpaired) electrons. The number of hydrogen-bond donors (Lipinski definition) is 0. The minimum Gasteiger partial charge on any atom is -0.461 e. The molecule has 1 aliphatic heterocycles. The molecule has 0 spiro atoms. The second-order valence-corrected chi connectivity index (χ2v) is 7.02. The molecular formula is C24H17F2N3O2. The zero-order valence-electron chi connectivity index (χ0n) is 16.3. The number of pyridine rings is 1. The Morgan fingerprint density at radius 2 is 1.71 bits per heavy atom. The lowest BCUT2D eigenvalue weighted by atomic mass is 10.00. The van der Waals surface area contributed by atoms with Crippen molar-refractivity contribution in [1.29, 1.82) is 0 Å². The second-order valence-electron chi connectivity index (χ2n) is 7.02. The van der Waals surface area contributed by atoms with E-state index >= 15 is 0 Å². The van der Waals surface area contributed by atoms with Gasteiger partial charge in [-0.15, -0.1) is 0 Å². The fourth-order valence-corrected chi connectivity index (χ4v) is 3.66.